The molecule has 2 N–H and O–H groups in total. The first-order chi connectivity index (χ1) is 13.0. The first-order valence-electron chi connectivity index (χ1n) is 7.58. The van der Waals surface area contributed by atoms with E-state index < -0.39 is 11.7 Å². The molecule has 0 saturated heterocycles. The van der Waals surface area contributed by atoms with Gasteiger partial charge in [0.25, 0.3) is 5.91 Å². The summed E-state index contributed by atoms with van der Waals surface area (Å²) in [6.07, 6.45) is 0. The lowest BCUT2D eigenvalue weighted by atomic mass is 10.2. The Kier molecular flexibility index (Phi) is 6.38. The SMILES string of the molecule is O=C(CSc1nnc(NC(=O)c2cccc(F)c2)s1)Nc1cccc(Cl)c1. The summed E-state index contributed by atoms with van der Waals surface area (Å²) in [6, 6.07) is 12.2. The molecular formula is C17H12ClFN4O2S2. The van der Waals surface area contributed by atoms with Crippen LogP contribution < -0.4 is 10.6 Å². The minimum atomic E-state index is -0.498. The maximum absolute atomic E-state index is 13.2. The molecule has 0 radical (unpaired) electrons. The zero-order valence-electron chi connectivity index (χ0n) is 13.6. The Morgan fingerprint density at radius 2 is 1.93 bits per heavy atom. The van der Waals surface area contributed by atoms with E-state index in [1.54, 1.807) is 24.3 Å². The molecule has 0 atom stereocenters. The highest BCUT2D eigenvalue weighted by Gasteiger charge is 2.12. The van der Waals surface area contributed by atoms with Gasteiger partial charge in [0.15, 0.2) is 4.34 Å². The van der Waals surface area contributed by atoms with Gasteiger partial charge in [-0.15, -0.1) is 10.2 Å². The van der Waals surface area contributed by atoms with Crippen LogP contribution in [0.5, 0.6) is 0 Å². The van der Waals surface area contributed by atoms with Crippen molar-refractivity contribution in [3.63, 3.8) is 0 Å². The minimum absolute atomic E-state index is 0.124. The van der Waals surface area contributed by atoms with Gasteiger partial charge in [-0.25, -0.2) is 4.39 Å². The Balaban J connectivity index is 1.52. The van der Waals surface area contributed by atoms with Gasteiger partial charge in [0.1, 0.15) is 5.82 Å². The number of amides is 2. The van der Waals surface area contributed by atoms with Crippen molar-refractivity contribution in [2.75, 3.05) is 16.4 Å². The van der Waals surface area contributed by atoms with Crippen molar-refractivity contribution in [3.8, 4) is 0 Å². The number of nitrogens with zero attached hydrogens (tertiary/aromatic N) is 2. The van der Waals surface area contributed by atoms with E-state index in [1.807, 2.05) is 0 Å². The second kappa shape index (κ2) is 8.94. The Morgan fingerprint density at radius 1 is 1.11 bits per heavy atom. The fourth-order valence-electron chi connectivity index (χ4n) is 2.01. The smallest absolute Gasteiger partial charge is 0.257 e. The Labute approximate surface area is 167 Å². The highest BCUT2D eigenvalue weighted by Crippen LogP contribution is 2.26. The number of benzene rings is 2. The normalized spacial score (nSPS) is 10.4. The van der Waals surface area contributed by atoms with E-state index in [9.17, 15) is 14.0 Å². The summed E-state index contributed by atoms with van der Waals surface area (Å²) >= 11 is 8.18. The minimum Gasteiger partial charge on any atom is -0.325 e. The van der Waals surface area contributed by atoms with E-state index in [2.05, 4.69) is 20.8 Å². The molecule has 3 aromatic rings. The van der Waals surface area contributed by atoms with Crippen LogP contribution in [-0.2, 0) is 4.79 Å². The third kappa shape index (κ3) is 5.75. The topological polar surface area (TPSA) is 84.0 Å². The first kappa shape index (κ1) is 19.3. The molecule has 138 valence electrons. The summed E-state index contributed by atoms with van der Waals surface area (Å²) in [5, 5.41) is 13.8. The third-order valence-electron chi connectivity index (χ3n) is 3.15. The van der Waals surface area contributed by atoms with Gasteiger partial charge >= 0.3 is 0 Å². The largest absolute Gasteiger partial charge is 0.325 e. The number of carbonyl (C=O) groups is 2. The molecule has 0 spiro atoms. The second-order valence-electron chi connectivity index (χ2n) is 5.18. The number of hydrogen-bond acceptors (Lipinski definition) is 6. The van der Waals surface area contributed by atoms with Crippen molar-refractivity contribution in [1.29, 1.82) is 0 Å². The summed E-state index contributed by atoms with van der Waals surface area (Å²) in [4.78, 5) is 24.0. The molecule has 1 aromatic heterocycles. The summed E-state index contributed by atoms with van der Waals surface area (Å²) in [5.41, 5.74) is 0.786. The lowest BCUT2D eigenvalue weighted by molar-refractivity contribution is -0.113. The summed E-state index contributed by atoms with van der Waals surface area (Å²) in [7, 11) is 0. The van der Waals surface area contributed by atoms with Crippen molar-refractivity contribution >= 4 is 57.3 Å². The molecular weight excluding hydrogens is 411 g/mol. The fraction of sp³-hybridized carbons (Fsp3) is 0.0588. The molecule has 2 aromatic carbocycles. The zero-order chi connectivity index (χ0) is 19.2. The van der Waals surface area contributed by atoms with Crippen LogP contribution in [0.25, 0.3) is 0 Å². The van der Waals surface area contributed by atoms with E-state index in [0.717, 1.165) is 17.4 Å². The Bertz CT molecular complexity index is 983. The standard InChI is InChI=1S/C17H12ClFN4O2S2/c18-11-4-2-6-13(8-11)20-14(24)9-26-17-23-22-16(27-17)21-15(25)10-3-1-5-12(19)7-10/h1-8H,9H2,(H,20,24)(H,21,22,25). The molecule has 0 aliphatic rings. The molecule has 0 aliphatic heterocycles. The molecule has 0 fully saturated rings. The van der Waals surface area contributed by atoms with Crippen LogP contribution in [0.3, 0.4) is 0 Å². The molecule has 0 unspecified atom stereocenters. The molecule has 6 nitrogen and oxygen atoms in total. The third-order valence-corrected chi connectivity index (χ3v) is 5.36. The van der Waals surface area contributed by atoms with E-state index in [1.165, 1.54) is 30.0 Å². The van der Waals surface area contributed by atoms with E-state index in [-0.39, 0.29) is 22.4 Å². The summed E-state index contributed by atoms with van der Waals surface area (Å²) in [5.74, 6) is -1.08. The first-order valence-corrected chi connectivity index (χ1v) is 9.76. The van der Waals surface area contributed by atoms with Gasteiger partial charge in [0.05, 0.1) is 5.75 Å². The monoisotopic (exact) mass is 422 g/mol. The Hall–Kier alpha value is -2.49. The van der Waals surface area contributed by atoms with Crippen LogP contribution in [0.4, 0.5) is 15.2 Å². The fourth-order valence-corrected chi connectivity index (χ4v) is 3.75. The molecule has 0 saturated carbocycles. The van der Waals surface area contributed by atoms with Crippen molar-refractivity contribution in [2.45, 2.75) is 4.34 Å². The van der Waals surface area contributed by atoms with Crippen LogP contribution >= 0.6 is 34.7 Å². The number of anilines is 2. The van der Waals surface area contributed by atoms with Crippen molar-refractivity contribution in [3.05, 3.63) is 64.9 Å². The molecule has 3 rings (SSSR count). The number of carbonyl (C=O) groups excluding carboxylic acids is 2. The van der Waals surface area contributed by atoms with Gasteiger partial charge in [0.2, 0.25) is 11.0 Å². The van der Waals surface area contributed by atoms with Gasteiger partial charge in [-0.05, 0) is 36.4 Å². The summed E-state index contributed by atoms with van der Waals surface area (Å²) in [6.45, 7) is 0. The van der Waals surface area contributed by atoms with Crippen LogP contribution in [0.2, 0.25) is 5.02 Å². The highest BCUT2D eigenvalue weighted by atomic mass is 35.5. The van der Waals surface area contributed by atoms with Gasteiger partial charge in [-0.1, -0.05) is 46.8 Å². The van der Waals surface area contributed by atoms with Crippen molar-refractivity contribution in [1.82, 2.24) is 10.2 Å². The van der Waals surface area contributed by atoms with Crippen molar-refractivity contribution in [2.24, 2.45) is 0 Å². The van der Waals surface area contributed by atoms with Gasteiger partial charge in [0, 0.05) is 16.3 Å². The van der Waals surface area contributed by atoms with Crippen LogP contribution in [0.1, 0.15) is 10.4 Å². The average Bonchev–Trinajstić information content (AvgIpc) is 3.07. The lowest BCUT2D eigenvalue weighted by Crippen LogP contribution is -2.13. The number of rotatable bonds is 6. The zero-order valence-corrected chi connectivity index (χ0v) is 16.0. The molecule has 27 heavy (non-hydrogen) atoms. The van der Waals surface area contributed by atoms with E-state index in [4.69, 9.17) is 11.6 Å². The number of aromatic nitrogens is 2. The molecule has 1 heterocycles. The van der Waals surface area contributed by atoms with Crippen molar-refractivity contribution < 1.29 is 14.0 Å². The predicted octanol–water partition coefficient (Wildman–Crippen LogP) is 4.31. The van der Waals surface area contributed by atoms with Crippen LogP contribution in [0.15, 0.2) is 52.9 Å². The Morgan fingerprint density at radius 3 is 2.70 bits per heavy atom. The van der Waals surface area contributed by atoms with E-state index >= 15 is 0 Å². The number of thioether (sulfide) groups is 1. The highest BCUT2D eigenvalue weighted by molar-refractivity contribution is 8.01. The molecule has 10 heteroatoms. The molecule has 2 amide bonds. The summed E-state index contributed by atoms with van der Waals surface area (Å²) < 4.78 is 13.7. The molecule has 0 bridgehead atoms. The quantitative estimate of drug-likeness (QED) is 0.456. The number of hydrogen-bond donors (Lipinski definition) is 2. The van der Waals surface area contributed by atoms with Crippen LogP contribution in [-0.4, -0.2) is 27.8 Å². The predicted molar refractivity (Wildman–Crippen MR) is 105 cm³/mol. The lowest BCUT2D eigenvalue weighted by Gasteiger charge is -2.04. The van der Waals surface area contributed by atoms with Gasteiger partial charge in [-0.3, -0.25) is 14.9 Å². The van der Waals surface area contributed by atoms with E-state index in [0.29, 0.717) is 15.0 Å². The average molecular weight is 423 g/mol. The van der Waals surface area contributed by atoms with Crippen LogP contribution in [0, 0.1) is 5.82 Å². The maximum atomic E-state index is 13.2. The van der Waals surface area contributed by atoms with Gasteiger partial charge in [-0.2, -0.15) is 0 Å². The maximum Gasteiger partial charge on any atom is 0.257 e. The number of halogens is 2. The second-order valence-corrected chi connectivity index (χ2v) is 7.82. The molecule has 0 aliphatic carbocycles. The number of nitrogens with one attached hydrogen (secondary N) is 2. The van der Waals surface area contributed by atoms with Gasteiger partial charge < -0.3 is 5.32 Å².